The number of carboxylic acid groups (broad SMARTS) is 1. The molecule has 9 nitrogen and oxygen atoms in total. The zero-order chi connectivity index (χ0) is 63.3. The van der Waals surface area contributed by atoms with E-state index >= 15 is 0 Å². The molecule has 0 aliphatic carbocycles. The van der Waals surface area contributed by atoms with Gasteiger partial charge >= 0.3 is 11.9 Å². The van der Waals surface area contributed by atoms with Crippen molar-refractivity contribution in [3.05, 3.63) is 109 Å². The number of quaternary nitrogens is 1. The molecule has 0 aliphatic rings. The van der Waals surface area contributed by atoms with Gasteiger partial charge in [0.1, 0.15) is 13.2 Å². The van der Waals surface area contributed by atoms with Crippen LogP contribution in [0.4, 0.5) is 0 Å². The summed E-state index contributed by atoms with van der Waals surface area (Å²) < 4.78 is 22.8. The highest BCUT2D eigenvalue weighted by molar-refractivity contribution is 5.70. The lowest BCUT2D eigenvalue weighted by molar-refractivity contribution is -0.870. The second kappa shape index (κ2) is 67.9. The predicted molar refractivity (Wildman–Crippen MR) is 370 cm³/mol. The van der Waals surface area contributed by atoms with Crippen LogP contribution in [0.25, 0.3) is 0 Å². The number of rotatable bonds is 66. The molecule has 0 aromatic rings. The molecule has 0 fully saturated rings. The van der Waals surface area contributed by atoms with Crippen LogP contribution in [-0.4, -0.2) is 82.3 Å². The number of likely N-dealkylation sites (N-methyl/N-ethyl adjacent to an activating group) is 1. The second-order valence-electron chi connectivity index (χ2n) is 25.1. The van der Waals surface area contributed by atoms with E-state index in [1.807, 2.05) is 21.1 Å². The Balaban J connectivity index is 4.09. The number of unbranched alkanes of at least 4 members (excludes halogenated alkanes) is 33. The fourth-order valence-corrected chi connectivity index (χ4v) is 10.0. The highest BCUT2D eigenvalue weighted by Gasteiger charge is 2.22. The highest BCUT2D eigenvalue weighted by atomic mass is 16.7. The number of aliphatic carboxylic acids is 1. The predicted octanol–water partition coefficient (Wildman–Crippen LogP) is 21.2. The number of esters is 2. The van der Waals surface area contributed by atoms with Crippen molar-refractivity contribution >= 4 is 17.9 Å². The maximum Gasteiger partial charge on any atom is 0.306 e. The lowest BCUT2D eigenvalue weighted by atomic mass is 10.0. The van der Waals surface area contributed by atoms with E-state index in [0.717, 1.165) is 89.9 Å². The van der Waals surface area contributed by atoms with E-state index in [9.17, 15) is 19.5 Å². The number of allylic oxidation sites excluding steroid dienone is 18. The molecule has 2 unspecified atom stereocenters. The van der Waals surface area contributed by atoms with Crippen LogP contribution in [-0.2, 0) is 33.3 Å². The average molecular weight is 1210 g/mol. The van der Waals surface area contributed by atoms with Gasteiger partial charge in [-0.2, -0.15) is 0 Å². The van der Waals surface area contributed by atoms with Crippen LogP contribution in [0, 0.1) is 0 Å². The third-order valence-corrected chi connectivity index (χ3v) is 15.5. The van der Waals surface area contributed by atoms with Gasteiger partial charge in [-0.3, -0.25) is 9.59 Å². The fourth-order valence-electron chi connectivity index (χ4n) is 10.0. The van der Waals surface area contributed by atoms with Crippen LogP contribution in [0.15, 0.2) is 109 Å². The normalized spacial score (nSPS) is 13.3. The first-order valence-electron chi connectivity index (χ1n) is 36.0. The molecule has 0 radical (unpaired) electrons. The van der Waals surface area contributed by atoms with Crippen molar-refractivity contribution in [1.29, 1.82) is 0 Å². The summed E-state index contributed by atoms with van der Waals surface area (Å²) in [5.74, 6) is -2.32. The molecule has 0 amide bonds. The molecule has 0 heterocycles. The molecule has 0 spiro atoms. The molecular formula is C78H135NO8. The Morgan fingerprint density at radius 3 is 0.989 bits per heavy atom. The van der Waals surface area contributed by atoms with Crippen LogP contribution in [0.1, 0.15) is 309 Å². The first-order valence-corrected chi connectivity index (χ1v) is 36.0. The van der Waals surface area contributed by atoms with Gasteiger partial charge in [0.2, 0.25) is 0 Å². The molecule has 0 saturated heterocycles. The summed E-state index contributed by atoms with van der Waals surface area (Å²) in [5.41, 5.74) is 0. The van der Waals surface area contributed by atoms with Crippen molar-refractivity contribution in [3.8, 4) is 0 Å². The van der Waals surface area contributed by atoms with Crippen molar-refractivity contribution in [3.63, 3.8) is 0 Å². The number of carbonyl (C=O) groups is 3. The maximum atomic E-state index is 12.9. The van der Waals surface area contributed by atoms with Gasteiger partial charge in [-0.25, -0.2) is 0 Å². The quantitative estimate of drug-likeness (QED) is 0.0195. The van der Waals surface area contributed by atoms with E-state index in [2.05, 4.69) is 123 Å². The van der Waals surface area contributed by atoms with Gasteiger partial charge in [-0.05, 0) is 103 Å². The van der Waals surface area contributed by atoms with Crippen molar-refractivity contribution in [2.24, 2.45) is 0 Å². The second-order valence-corrected chi connectivity index (χ2v) is 25.1. The lowest BCUT2D eigenvalue weighted by Crippen LogP contribution is -2.44. The summed E-state index contributed by atoms with van der Waals surface area (Å²) >= 11 is 0. The summed E-state index contributed by atoms with van der Waals surface area (Å²) in [5, 5.41) is 11.8. The molecule has 0 aromatic heterocycles. The number of carboxylic acids is 1. The number of hydrogen-bond acceptors (Lipinski definition) is 8. The minimum Gasteiger partial charge on any atom is -0.545 e. The monoisotopic (exact) mass is 1210 g/mol. The summed E-state index contributed by atoms with van der Waals surface area (Å²) in [4.78, 5) is 37.5. The van der Waals surface area contributed by atoms with E-state index in [-0.39, 0.29) is 38.6 Å². The first-order chi connectivity index (χ1) is 42.6. The van der Waals surface area contributed by atoms with E-state index in [0.29, 0.717) is 17.4 Å². The minimum atomic E-state index is -1.64. The molecule has 87 heavy (non-hydrogen) atoms. The standard InChI is InChI=1S/C78H135NO8/c1-6-8-10-12-14-16-18-20-22-24-26-28-30-32-33-34-35-36-37-38-39-40-41-42-43-45-46-48-50-52-54-56-58-60-62-64-66-68-75(80)85-72-74(73-86-78(77(82)83)84-71-70-79(3,4)5)87-76(81)69-67-65-63-61-59-57-55-53-51-49-47-44-31-29-27-25-23-21-19-17-15-13-11-9-7-2/h9,11,15,17-18,20-21,23-24,26-27,29,44,47,51,53,57,59,74,78H,6-8,10,12-14,16,19,22,25,28,30-43,45-46,48-50,52,54-56,58,60-73H2,1-5H3/b11-9-,17-15-,20-18-,23-21-,26-24-,29-27-,47-44-,53-51-,59-57-. The molecular weight excluding hydrogens is 1080 g/mol. The van der Waals surface area contributed by atoms with Crippen molar-refractivity contribution in [2.75, 3.05) is 47.5 Å². The van der Waals surface area contributed by atoms with Crippen LogP contribution in [0.5, 0.6) is 0 Å². The topological polar surface area (TPSA) is 111 Å². The summed E-state index contributed by atoms with van der Waals surface area (Å²) in [6, 6.07) is 0. The molecule has 0 N–H and O–H groups in total. The third kappa shape index (κ3) is 69.3. The maximum absolute atomic E-state index is 12.9. The zero-order valence-corrected chi connectivity index (χ0v) is 57.1. The molecule has 9 heteroatoms. The molecule has 0 aromatic carbocycles. The Kier molecular flexibility index (Phi) is 64.7. The number of ether oxygens (including phenoxy) is 4. The number of carbonyl (C=O) groups excluding carboxylic acids is 3. The average Bonchev–Trinajstić information content (AvgIpc) is 3.59. The first kappa shape index (κ1) is 83.0. The molecule has 2 atom stereocenters. The van der Waals surface area contributed by atoms with Crippen molar-refractivity contribution < 1.29 is 42.9 Å². The third-order valence-electron chi connectivity index (χ3n) is 15.5. The summed E-state index contributed by atoms with van der Waals surface area (Å²) in [6.45, 7) is 4.60. The number of hydrogen-bond donors (Lipinski definition) is 0. The van der Waals surface area contributed by atoms with Gasteiger partial charge in [0.25, 0.3) is 0 Å². The summed E-state index contributed by atoms with van der Waals surface area (Å²) in [6.07, 6.45) is 91.9. The van der Waals surface area contributed by atoms with E-state index < -0.39 is 24.3 Å². The molecule has 0 saturated carbocycles. The molecule has 500 valence electrons. The Morgan fingerprint density at radius 1 is 0.356 bits per heavy atom. The SMILES string of the molecule is CC/C=C\C/C=C\C/C=C\C/C=C\C/C=C\C/C=C\C/C=C\CCCCCC(=O)OC(COC(=O)CCCCCCCCCCCCCCCCCCCCCCCCCCC/C=C\C/C=C\CCCCCCC)COC(OCC[N+](C)(C)C)C(=O)[O-]. The van der Waals surface area contributed by atoms with E-state index in [4.69, 9.17) is 18.9 Å². The minimum absolute atomic E-state index is 0.137. The van der Waals surface area contributed by atoms with Crippen LogP contribution in [0.3, 0.4) is 0 Å². The molecule has 0 bridgehead atoms. The Morgan fingerprint density at radius 2 is 0.655 bits per heavy atom. The summed E-state index contributed by atoms with van der Waals surface area (Å²) in [7, 11) is 5.92. The fraction of sp³-hybridized carbons (Fsp3) is 0.731. The van der Waals surface area contributed by atoms with Crippen LogP contribution < -0.4 is 5.11 Å². The number of nitrogens with zero attached hydrogens (tertiary/aromatic N) is 1. The Bertz CT molecular complexity index is 1800. The Hall–Kier alpha value is -4.05. The van der Waals surface area contributed by atoms with Crippen molar-refractivity contribution in [1.82, 2.24) is 0 Å². The molecule has 0 rings (SSSR count). The highest BCUT2D eigenvalue weighted by Crippen LogP contribution is 2.18. The van der Waals surface area contributed by atoms with Gasteiger partial charge in [0.15, 0.2) is 12.4 Å². The zero-order valence-electron chi connectivity index (χ0n) is 57.1. The smallest absolute Gasteiger partial charge is 0.306 e. The van der Waals surface area contributed by atoms with Gasteiger partial charge in [-0.1, -0.05) is 303 Å². The van der Waals surface area contributed by atoms with E-state index in [1.54, 1.807) is 0 Å². The van der Waals surface area contributed by atoms with E-state index in [1.165, 1.54) is 186 Å². The lowest BCUT2D eigenvalue weighted by Gasteiger charge is -2.26. The van der Waals surface area contributed by atoms with Crippen LogP contribution in [0.2, 0.25) is 0 Å². The van der Waals surface area contributed by atoms with Gasteiger partial charge in [-0.15, -0.1) is 0 Å². The van der Waals surface area contributed by atoms with Crippen molar-refractivity contribution in [2.45, 2.75) is 322 Å². The largest absolute Gasteiger partial charge is 0.545 e. The molecule has 0 aliphatic heterocycles. The van der Waals surface area contributed by atoms with Crippen LogP contribution >= 0.6 is 0 Å². The Labute approximate surface area is 536 Å². The van der Waals surface area contributed by atoms with Gasteiger partial charge in [0.05, 0.1) is 40.3 Å². The van der Waals surface area contributed by atoms with Gasteiger partial charge < -0.3 is 33.3 Å². The van der Waals surface area contributed by atoms with Gasteiger partial charge in [0, 0.05) is 12.8 Å².